The molecule has 2 aliphatic carbocycles. The van der Waals surface area contributed by atoms with Crippen molar-refractivity contribution in [3.63, 3.8) is 0 Å². The fraction of sp³-hybridized carbons (Fsp3) is 0.760. The summed E-state index contributed by atoms with van der Waals surface area (Å²) in [5, 5.41) is 2.98. The molecule has 2 aliphatic heterocycles. The van der Waals surface area contributed by atoms with Crippen LogP contribution in [0.3, 0.4) is 0 Å². The maximum Gasteiger partial charge on any atom is 0.254 e. The highest BCUT2D eigenvalue weighted by molar-refractivity contribution is 7.89. The first-order chi connectivity index (χ1) is 16.9. The van der Waals surface area contributed by atoms with Gasteiger partial charge in [0.15, 0.2) is 0 Å². The standard InChI is InChI=1S/C25H36F2N4O4S/c1-16-6-7-21(22(28-16)31-17(2)13-35-14-18(31)3)36(33,34)30-12-4-5-20(30)23(32)29-19-8-10-24(11-9-19)15-25(24,26)27/h6-7,17-20H,4-5,8-15H2,1-3H3,(H,29,32)/t17-,18-,19?,20-,24?/m0/s1. The van der Waals surface area contributed by atoms with Crippen LogP contribution in [0.1, 0.15) is 64.5 Å². The Labute approximate surface area is 211 Å². The number of amides is 1. The number of carbonyl (C=O) groups excluding carboxylic acids is 1. The second-order valence-corrected chi connectivity index (χ2v) is 13.0. The van der Waals surface area contributed by atoms with Gasteiger partial charge in [0.25, 0.3) is 5.92 Å². The van der Waals surface area contributed by atoms with Crippen molar-refractivity contribution in [2.45, 2.75) is 101 Å². The van der Waals surface area contributed by atoms with E-state index in [9.17, 15) is 22.0 Å². The fourth-order valence-corrected chi connectivity index (χ4v) is 8.07. The summed E-state index contributed by atoms with van der Waals surface area (Å²) in [7, 11) is -4.01. The van der Waals surface area contributed by atoms with Gasteiger partial charge in [-0.25, -0.2) is 22.2 Å². The third kappa shape index (κ3) is 4.41. The molecule has 0 aromatic carbocycles. The van der Waals surface area contributed by atoms with Crippen molar-refractivity contribution in [1.82, 2.24) is 14.6 Å². The van der Waals surface area contributed by atoms with Crippen LogP contribution in [0, 0.1) is 12.3 Å². The van der Waals surface area contributed by atoms with E-state index < -0.39 is 27.4 Å². The molecule has 1 aromatic rings. The first kappa shape index (κ1) is 25.8. The molecule has 0 unspecified atom stereocenters. The number of hydrogen-bond donors (Lipinski definition) is 1. The van der Waals surface area contributed by atoms with Crippen LogP contribution >= 0.6 is 0 Å². The van der Waals surface area contributed by atoms with Gasteiger partial charge in [-0.3, -0.25) is 4.79 Å². The monoisotopic (exact) mass is 526 g/mol. The predicted octanol–water partition coefficient (Wildman–Crippen LogP) is 3.24. The van der Waals surface area contributed by atoms with E-state index in [2.05, 4.69) is 10.3 Å². The number of pyridine rings is 1. The number of halogens is 2. The Morgan fingerprint density at radius 3 is 2.39 bits per heavy atom. The molecule has 4 aliphatic rings. The Balaban J connectivity index is 1.34. The van der Waals surface area contributed by atoms with Gasteiger partial charge in [-0.1, -0.05) is 0 Å². The van der Waals surface area contributed by atoms with Crippen molar-refractivity contribution in [2.24, 2.45) is 5.41 Å². The maximum absolute atomic E-state index is 14.0. The number of aryl methyl sites for hydroxylation is 1. The first-order valence-corrected chi connectivity index (χ1v) is 14.4. The minimum Gasteiger partial charge on any atom is -0.377 e. The zero-order valence-corrected chi connectivity index (χ0v) is 22.0. The van der Waals surface area contributed by atoms with Crippen molar-refractivity contribution in [1.29, 1.82) is 0 Å². The Hall–Kier alpha value is -1.85. The highest BCUT2D eigenvalue weighted by Gasteiger charge is 2.70. The van der Waals surface area contributed by atoms with E-state index >= 15 is 0 Å². The molecule has 5 rings (SSSR count). The predicted molar refractivity (Wildman–Crippen MR) is 131 cm³/mol. The van der Waals surface area contributed by atoms with E-state index in [1.165, 1.54) is 4.31 Å². The Bertz CT molecular complexity index is 1110. The largest absolute Gasteiger partial charge is 0.377 e. The molecule has 36 heavy (non-hydrogen) atoms. The molecule has 200 valence electrons. The van der Waals surface area contributed by atoms with Crippen LogP contribution in [0.15, 0.2) is 17.0 Å². The van der Waals surface area contributed by atoms with Gasteiger partial charge in [-0.15, -0.1) is 0 Å². The smallest absolute Gasteiger partial charge is 0.254 e. The van der Waals surface area contributed by atoms with Gasteiger partial charge in [0.1, 0.15) is 16.8 Å². The van der Waals surface area contributed by atoms with Crippen LogP contribution in [-0.4, -0.2) is 73.5 Å². The van der Waals surface area contributed by atoms with Crippen LogP contribution < -0.4 is 10.2 Å². The molecular weight excluding hydrogens is 490 g/mol. The highest BCUT2D eigenvalue weighted by Crippen LogP contribution is 2.67. The number of anilines is 1. The van der Waals surface area contributed by atoms with Crippen LogP contribution in [0.5, 0.6) is 0 Å². The summed E-state index contributed by atoms with van der Waals surface area (Å²) in [6, 6.07) is 2.15. The number of alkyl halides is 2. The van der Waals surface area contributed by atoms with E-state index in [0.29, 0.717) is 63.3 Å². The molecule has 1 N–H and O–H groups in total. The quantitative estimate of drug-likeness (QED) is 0.634. The lowest BCUT2D eigenvalue weighted by Crippen LogP contribution is -2.52. The average Bonchev–Trinajstić information content (AvgIpc) is 3.13. The molecule has 2 saturated heterocycles. The van der Waals surface area contributed by atoms with Crippen molar-refractivity contribution >= 4 is 21.7 Å². The number of nitrogens with one attached hydrogen (secondary N) is 1. The molecule has 1 spiro atoms. The molecule has 0 radical (unpaired) electrons. The van der Waals surface area contributed by atoms with Gasteiger partial charge in [0, 0.05) is 30.1 Å². The van der Waals surface area contributed by atoms with Gasteiger partial charge in [-0.05, 0) is 71.4 Å². The van der Waals surface area contributed by atoms with Gasteiger partial charge in [-0.2, -0.15) is 4.31 Å². The second-order valence-electron chi connectivity index (χ2n) is 11.1. The summed E-state index contributed by atoms with van der Waals surface area (Å²) in [5.74, 6) is -2.52. The Morgan fingerprint density at radius 1 is 1.14 bits per heavy atom. The molecule has 11 heteroatoms. The lowest BCUT2D eigenvalue weighted by Gasteiger charge is -2.40. The second kappa shape index (κ2) is 9.16. The number of aromatic nitrogens is 1. The molecule has 2 saturated carbocycles. The molecule has 3 heterocycles. The van der Waals surface area contributed by atoms with E-state index in [0.717, 1.165) is 0 Å². The van der Waals surface area contributed by atoms with Gasteiger partial charge in [0.2, 0.25) is 15.9 Å². The van der Waals surface area contributed by atoms with Crippen LogP contribution in [0.4, 0.5) is 14.6 Å². The summed E-state index contributed by atoms with van der Waals surface area (Å²) in [5.41, 5.74) is -0.165. The molecule has 8 nitrogen and oxygen atoms in total. The number of nitrogens with zero attached hydrogens (tertiary/aromatic N) is 3. The van der Waals surface area contributed by atoms with Gasteiger partial charge in [0.05, 0.1) is 25.3 Å². The molecule has 0 bridgehead atoms. The number of morpholine rings is 1. The third-order valence-electron chi connectivity index (χ3n) is 8.48. The minimum absolute atomic E-state index is 0.0527. The highest BCUT2D eigenvalue weighted by atomic mass is 32.2. The average molecular weight is 527 g/mol. The van der Waals surface area contributed by atoms with Crippen molar-refractivity contribution in [2.75, 3.05) is 24.7 Å². The zero-order chi connectivity index (χ0) is 25.9. The number of carbonyl (C=O) groups is 1. The Kier molecular flexibility index (Phi) is 6.56. The first-order valence-electron chi connectivity index (χ1n) is 13.0. The van der Waals surface area contributed by atoms with E-state index in [4.69, 9.17) is 4.74 Å². The van der Waals surface area contributed by atoms with Gasteiger partial charge >= 0.3 is 0 Å². The minimum atomic E-state index is -4.01. The zero-order valence-electron chi connectivity index (χ0n) is 21.2. The summed E-state index contributed by atoms with van der Waals surface area (Å²) in [4.78, 5) is 20.0. The number of rotatable bonds is 5. The van der Waals surface area contributed by atoms with Crippen LogP contribution in [-0.2, 0) is 19.6 Å². The lowest BCUT2D eigenvalue weighted by molar-refractivity contribution is -0.125. The molecule has 1 aromatic heterocycles. The van der Waals surface area contributed by atoms with E-state index in [-0.39, 0.29) is 41.9 Å². The summed E-state index contributed by atoms with van der Waals surface area (Å²) < 4.78 is 62.3. The van der Waals surface area contributed by atoms with Crippen molar-refractivity contribution in [3.8, 4) is 0 Å². The number of sulfonamides is 1. The summed E-state index contributed by atoms with van der Waals surface area (Å²) in [6.45, 7) is 6.99. The SMILES string of the molecule is Cc1ccc(S(=O)(=O)N2CCC[C@H]2C(=O)NC2CCC3(CC2)CC3(F)F)c(N2[C@@H](C)COC[C@@H]2C)n1. The normalized spacial score (nSPS) is 34.6. The third-order valence-corrected chi connectivity index (χ3v) is 10.4. The van der Waals surface area contributed by atoms with Crippen LogP contribution in [0.25, 0.3) is 0 Å². The molecule has 4 fully saturated rings. The van der Waals surface area contributed by atoms with Crippen molar-refractivity contribution in [3.05, 3.63) is 17.8 Å². The molecule has 3 atom stereocenters. The lowest BCUT2D eigenvalue weighted by atomic mass is 9.83. The molecule has 1 amide bonds. The fourth-order valence-electron chi connectivity index (χ4n) is 6.29. The van der Waals surface area contributed by atoms with Gasteiger partial charge < -0.3 is 15.0 Å². The maximum atomic E-state index is 14.0. The van der Waals surface area contributed by atoms with E-state index in [1.54, 1.807) is 12.1 Å². The number of ether oxygens (including phenoxy) is 1. The topological polar surface area (TPSA) is 91.8 Å². The Morgan fingerprint density at radius 2 is 1.78 bits per heavy atom. The van der Waals surface area contributed by atoms with Crippen LogP contribution in [0.2, 0.25) is 0 Å². The van der Waals surface area contributed by atoms with Crippen molar-refractivity contribution < 1.29 is 26.7 Å². The summed E-state index contributed by atoms with van der Waals surface area (Å²) in [6.07, 6.45) is 2.74. The summed E-state index contributed by atoms with van der Waals surface area (Å²) >= 11 is 0. The van der Waals surface area contributed by atoms with E-state index in [1.807, 2.05) is 25.7 Å². The number of hydrogen-bond acceptors (Lipinski definition) is 6. The molecular formula is C25H36F2N4O4S.